The van der Waals surface area contributed by atoms with Gasteiger partial charge in [-0.25, -0.2) is 0 Å². The maximum Gasteiger partial charge on any atom is 0.416 e. The van der Waals surface area contributed by atoms with Gasteiger partial charge in [0, 0.05) is 25.3 Å². The molecule has 2 aromatic rings. The Balaban J connectivity index is 2.15. The summed E-state index contributed by atoms with van der Waals surface area (Å²) in [5.74, 6) is 0.933. The van der Waals surface area contributed by atoms with Gasteiger partial charge in [-0.05, 0) is 40.7 Å². The van der Waals surface area contributed by atoms with Crippen molar-refractivity contribution in [2.24, 2.45) is 5.41 Å². The summed E-state index contributed by atoms with van der Waals surface area (Å²) in [7, 11) is 2.86. The summed E-state index contributed by atoms with van der Waals surface area (Å²) >= 11 is 0. The standard InChI is InChI=1S/C28H39F3O6/c1-26(2,3)27(4,5)22-8-10-24(11-9-22)36-12-13-37-25-20(16-34-18-32-6)14-23(28(29,30)31)15-21(25)17-35-19-33-7/h8-11,14-15H,12-13,16-19H2,1-7H3. The number of benzene rings is 2. The molecule has 2 rings (SSSR count). The van der Waals surface area contributed by atoms with Crippen LogP contribution in [0.3, 0.4) is 0 Å². The molecule has 0 N–H and O–H groups in total. The molecular weight excluding hydrogens is 489 g/mol. The number of hydrogen-bond donors (Lipinski definition) is 0. The Bertz CT molecular complexity index is 934. The molecule has 2 aromatic carbocycles. The molecule has 9 heteroatoms. The molecule has 0 saturated carbocycles. The number of alkyl halides is 3. The molecule has 0 aliphatic rings. The van der Waals surface area contributed by atoms with Crippen LogP contribution in [-0.4, -0.2) is 41.0 Å². The highest BCUT2D eigenvalue weighted by Gasteiger charge is 2.34. The Morgan fingerprint density at radius 2 is 1.16 bits per heavy atom. The largest absolute Gasteiger partial charge is 0.490 e. The normalized spacial score (nSPS) is 12.6. The van der Waals surface area contributed by atoms with E-state index in [9.17, 15) is 13.2 Å². The average Bonchev–Trinajstić information content (AvgIpc) is 2.82. The SMILES string of the molecule is COCOCc1cc(C(F)(F)F)cc(COCOC)c1OCCOc1ccc(C(C)(C)C(C)(C)C)cc1. The van der Waals surface area contributed by atoms with Gasteiger partial charge < -0.3 is 28.4 Å². The summed E-state index contributed by atoms with van der Waals surface area (Å²) < 4.78 is 72.7. The molecule has 0 atom stereocenters. The van der Waals surface area contributed by atoms with Crippen molar-refractivity contribution >= 4 is 0 Å². The molecule has 0 aromatic heterocycles. The van der Waals surface area contributed by atoms with Gasteiger partial charge in [-0.3, -0.25) is 0 Å². The van der Waals surface area contributed by atoms with E-state index in [0.717, 1.165) is 12.1 Å². The number of rotatable bonds is 14. The van der Waals surface area contributed by atoms with E-state index in [-0.39, 0.29) is 67.7 Å². The van der Waals surface area contributed by atoms with Crippen molar-refractivity contribution in [3.05, 3.63) is 58.7 Å². The highest BCUT2D eigenvalue weighted by molar-refractivity contribution is 5.45. The van der Waals surface area contributed by atoms with Gasteiger partial charge in [0.1, 0.15) is 38.3 Å². The fourth-order valence-corrected chi connectivity index (χ4v) is 3.49. The monoisotopic (exact) mass is 528 g/mol. The zero-order valence-corrected chi connectivity index (χ0v) is 22.8. The van der Waals surface area contributed by atoms with Gasteiger partial charge >= 0.3 is 6.18 Å². The summed E-state index contributed by atoms with van der Waals surface area (Å²) in [5, 5.41) is 0. The Morgan fingerprint density at radius 3 is 1.59 bits per heavy atom. The number of halogens is 3. The Morgan fingerprint density at radius 1 is 0.676 bits per heavy atom. The van der Waals surface area contributed by atoms with E-state index in [1.165, 1.54) is 19.8 Å². The van der Waals surface area contributed by atoms with Crippen LogP contribution in [0.15, 0.2) is 36.4 Å². The summed E-state index contributed by atoms with van der Waals surface area (Å²) in [6.07, 6.45) is -4.54. The van der Waals surface area contributed by atoms with E-state index in [1.807, 2.05) is 24.3 Å². The van der Waals surface area contributed by atoms with Crippen molar-refractivity contribution < 1.29 is 41.6 Å². The number of methoxy groups -OCH3 is 2. The summed E-state index contributed by atoms with van der Waals surface area (Å²) in [6, 6.07) is 9.95. The fourth-order valence-electron chi connectivity index (χ4n) is 3.49. The van der Waals surface area contributed by atoms with Gasteiger partial charge in [0.05, 0.1) is 18.8 Å². The predicted molar refractivity (Wildman–Crippen MR) is 135 cm³/mol. The van der Waals surface area contributed by atoms with Crippen LogP contribution >= 0.6 is 0 Å². The van der Waals surface area contributed by atoms with Crippen molar-refractivity contribution in [3.63, 3.8) is 0 Å². The van der Waals surface area contributed by atoms with Crippen LogP contribution in [0, 0.1) is 5.41 Å². The molecule has 0 bridgehead atoms. The van der Waals surface area contributed by atoms with Crippen LogP contribution in [0.1, 0.15) is 56.9 Å². The van der Waals surface area contributed by atoms with E-state index in [1.54, 1.807) is 0 Å². The van der Waals surface area contributed by atoms with Gasteiger partial charge in [0.25, 0.3) is 0 Å². The first-order valence-electron chi connectivity index (χ1n) is 12.0. The molecule has 37 heavy (non-hydrogen) atoms. The molecule has 0 heterocycles. The summed E-state index contributed by atoms with van der Waals surface area (Å²) in [5.41, 5.74) is 0.907. The minimum absolute atomic E-state index is 0.0280. The van der Waals surface area contributed by atoms with Gasteiger partial charge in [-0.15, -0.1) is 0 Å². The number of ether oxygens (including phenoxy) is 6. The van der Waals surface area contributed by atoms with E-state index in [2.05, 4.69) is 34.6 Å². The van der Waals surface area contributed by atoms with Crippen molar-refractivity contribution in [1.82, 2.24) is 0 Å². The lowest BCUT2D eigenvalue weighted by molar-refractivity contribution is -0.137. The second kappa shape index (κ2) is 13.5. The first kappa shape index (κ1) is 30.9. The smallest absolute Gasteiger partial charge is 0.416 e. The van der Waals surface area contributed by atoms with Crippen LogP contribution in [0.4, 0.5) is 13.2 Å². The Labute approximate surface area is 218 Å². The Hall–Kier alpha value is -2.33. The molecule has 0 aliphatic heterocycles. The summed E-state index contributed by atoms with van der Waals surface area (Å²) in [4.78, 5) is 0. The third-order valence-electron chi connectivity index (χ3n) is 6.54. The van der Waals surface area contributed by atoms with Crippen LogP contribution < -0.4 is 9.47 Å². The van der Waals surface area contributed by atoms with Crippen molar-refractivity contribution in [1.29, 1.82) is 0 Å². The molecule has 6 nitrogen and oxygen atoms in total. The van der Waals surface area contributed by atoms with Crippen molar-refractivity contribution in [2.45, 2.75) is 59.4 Å². The van der Waals surface area contributed by atoms with Crippen LogP contribution in [-0.2, 0) is 43.8 Å². The van der Waals surface area contributed by atoms with Gasteiger partial charge in [0.15, 0.2) is 0 Å². The van der Waals surface area contributed by atoms with Crippen LogP contribution in [0.5, 0.6) is 11.5 Å². The second-order valence-corrected chi connectivity index (χ2v) is 10.2. The molecule has 0 fully saturated rings. The third-order valence-corrected chi connectivity index (χ3v) is 6.54. The molecule has 0 saturated heterocycles. The van der Waals surface area contributed by atoms with Gasteiger partial charge in [-0.2, -0.15) is 13.2 Å². The predicted octanol–water partition coefficient (Wildman–Crippen LogP) is 6.73. The zero-order valence-electron chi connectivity index (χ0n) is 22.8. The molecule has 208 valence electrons. The lowest BCUT2D eigenvalue weighted by Crippen LogP contribution is -2.33. The Kier molecular flexibility index (Phi) is 11.2. The zero-order chi connectivity index (χ0) is 27.7. The first-order valence-corrected chi connectivity index (χ1v) is 12.0. The maximum absolute atomic E-state index is 13.5. The minimum Gasteiger partial charge on any atom is -0.490 e. The molecule has 0 amide bonds. The number of hydrogen-bond acceptors (Lipinski definition) is 6. The molecule has 0 spiro atoms. The first-order chi connectivity index (χ1) is 17.3. The average molecular weight is 529 g/mol. The third kappa shape index (κ3) is 8.88. The minimum atomic E-state index is -4.54. The lowest BCUT2D eigenvalue weighted by atomic mass is 9.65. The highest BCUT2D eigenvalue weighted by Crippen LogP contribution is 2.41. The fraction of sp³-hybridized carbons (Fsp3) is 0.571. The van der Waals surface area contributed by atoms with Gasteiger partial charge in [0.2, 0.25) is 0 Å². The maximum atomic E-state index is 13.5. The van der Waals surface area contributed by atoms with E-state index < -0.39 is 11.7 Å². The van der Waals surface area contributed by atoms with Crippen molar-refractivity contribution in [2.75, 3.05) is 41.0 Å². The highest BCUT2D eigenvalue weighted by atomic mass is 19.4. The van der Waals surface area contributed by atoms with Crippen molar-refractivity contribution in [3.8, 4) is 11.5 Å². The molecular formula is C28H39F3O6. The van der Waals surface area contributed by atoms with E-state index >= 15 is 0 Å². The van der Waals surface area contributed by atoms with E-state index in [4.69, 9.17) is 28.4 Å². The second-order valence-electron chi connectivity index (χ2n) is 10.2. The van der Waals surface area contributed by atoms with Gasteiger partial charge in [-0.1, -0.05) is 46.8 Å². The lowest BCUT2D eigenvalue weighted by Gasteiger charge is -2.39. The van der Waals surface area contributed by atoms with Crippen LogP contribution in [0.2, 0.25) is 0 Å². The molecule has 0 unspecified atom stereocenters. The van der Waals surface area contributed by atoms with E-state index in [0.29, 0.717) is 5.75 Å². The quantitative estimate of drug-likeness (QED) is 0.200. The topological polar surface area (TPSA) is 55.4 Å². The summed E-state index contributed by atoms with van der Waals surface area (Å²) in [6.45, 7) is 10.9. The molecule has 0 radical (unpaired) electrons. The molecule has 0 aliphatic carbocycles. The van der Waals surface area contributed by atoms with Crippen LogP contribution in [0.25, 0.3) is 0 Å².